The van der Waals surface area contributed by atoms with Crippen LogP contribution in [0.4, 0.5) is 0 Å². The van der Waals surface area contributed by atoms with Gasteiger partial charge in [0.15, 0.2) is 0 Å². The molecule has 0 aliphatic heterocycles. The zero-order chi connectivity index (χ0) is 12.0. The number of aryl methyl sites for hydroxylation is 1. The summed E-state index contributed by atoms with van der Waals surface area (Å²) in [6, 6.07) is 1.95. The maximum absolute atomic E-state index is 5.16. The summed E-state index contributed by atoms with van der Waals surface area (Å²) in [4.78, 5) is 7.66. The Hall–Kier alpha value is -0.740. The molecule has 0 unspecified atom stereocenters. The van der Waals surface area contributed by atoms with Gasteiger partial charge in [0.05, 0.1) is 0 Å². The summed E-state index contributed by atoms with van der Waals surface area (Å²) in [5.41, 5.74) is 1.18. The number of hydrogen-bond donors (Lipinski definition) is 1. The van der Waals surface area contributed by atoms with Crippen LogP contribution in [0.3, 0.4) is 0 Å². The Balaban J connectivity index is 2.69. The Bertz CT molecular complexity index is 374. The summed E-state index contributed by atoms with van der Waals surface area (Å²) in [6.45, 7) is 5.15. The van der Waals surface area contributed by atoms with E-state index in [0.29, 0.717) is 10.6 Å². The highest BCUT2D eigenvalue weighted by molar-refractivity contribution is 7.71. The van der Waals surface area contributed by atoms with Crippen LogP contribution in [0.1, 0.15) is 31.8 Å². The van der Waals surface area contributed by atoms with Crippen LogP contribution < -0.4 is 0 Å². The van der Waals surface area contributed by atoms with Crippen molar-refractivity contribution in [3.8, 4) is 0 Å². The van der Waals surface area contributed by atoms with Crippen molar-refractivity contribution in [3.05, 3.63) is 22.2 Å². The van der Waals surface area contributed by atoms with E-state index in [-0.39, 0.29) is 0 Å². The summed E-state index contributed by atoms with van der Waals surface area (Å²) in [7, 11) is 1.71. The second-order valence-corrected chi connectivity index (χ2v) is 4.80. The van der Waals surface area contributed by atoms with Gasteiger partial charge in [0, 0.05) is 25.8 Å². The quantitative estimate of drug-likeness (QED) is 0.613. The number of aromatic amines is 1. The van der Waals surface area contributed by atoms with Crippen molar-refractivity contribution in [2.75, 3.05) is 13.7 Å². The largest absolute Gasteiger partial charge is 0.385 e. The van der Waals surface area contributed by atoms with Crippen LogP contribution in [0.15, 0.2) is 6.07 Å². The number of aromatic nitrogens is 2. The van der Waals surface area contributed by atoms with Crippen molar-refractivity contribution < 1.29 is 4.74 Å². The van der Waals surface area contributed by atoms with Crippen LogP contribution in [0.2, 0.25) is 0 Å². The highest BCUT2D eigenvalue weighted by atomic mass is 32.1. The monoisotopic (exact) mass is 240 g/mol. The van der Waals surface area contributed by atoms with Gasteiger partial charge in [0.25, 0.3) is 0 Å². The molecule has 0 spiro atoms. The topological polar surface area (TPSA) is 37.9 Å². The zero-order valence-corrected chi connectivity index (χ0v) is 11.1. The molecule has 1 N–H and O–H groups in total. The number of methoxy groups -OCH3 is 1. The summed E-state index contributed by atoms with van der Waals surface area (Å²) in [5.74, 6) is 1.60. The lowest BCUT2D eigenvalue weighted by molar-refractivity contribution is 0.194. The molecule has 1 heterocycles. The highest BCUT2D eigenvalue weighted by Crippen LogP contribution is 2.07. The second kappa shape index (κ2) is 6.76. The van der Waals surface area contributed by atoms with Gasteiger partial charge in [-0.15, -0.1) is 0 Å². The molecule has 0 aliphatic carbocycles. The van der Waals surface area contributed by atoms with E-state index in [9.17, 15) is 0 Å². The van der Waals surface area contributed by atoms with Crippen molar-refractivity contribution >= 4 is 12.2 Å². The molecule has 3 nitrogen and oxygen atoms in total. The third-order valence-corrected chi connectivity index (χ3v) is 2.45. The number of H-pyrrole nitrogens is 1. The number of nitrogens with zero attached hydrogens (tertiary/aromatic N) is 1. The van der Waals surface area contributed by atoms with Crippen molar-refractivity contribution in [1.82, 2.24) is 9.97 Å². The van der Waals surface area contributed by atoms with Gasteiger partial charge >= 0.3 is 0 Å². The van der Waals surface area contributed by atoms with Crippen molar-refractivity contribution in [3.63, 3.8) is 0 Å². The van der Waals surface area contributed by atoms with Crippen LogP contribution in [0, 0.1) is 10.6 Å². The maximum Gasteiger partial charge on any atom is 0.129 e. The Kier molecular flexibility index (Phi) is 5.63. The summed E-state index contributed by atoms with van der Waals surface area (Å²) in [5, 5.41) is 0. The number of hydrogen-bond acceptors (Lipinski definition) is 3. The lowest BCUT2D eigenvalue weighted by Crippen LogP contribution is -2.04. The van der Waals surface area contributed by atoms with Crippen LogP contribution in [0.25, 0.3) is 0 Å². The third kappa shape index (κ3) is 4.86. The van der Waals surface area contributed by atoms with E-state index in [1.165, 1.54) is 5.69 Å². The lowest BCUT2D eigenvalue weighted by atomic mass is 10.1. The Morgan fingerprint density at radius 3 is 2.88 bits per heavy atom. The minimum Gasteiger partial charge on any atom is -0.385 e. The maximum atomic E-state index is 5.16. The molecule has 4 heteroatoms. The van der Waals surface area contributed by atoms with Crippen LogP contribution in [0.5, 0.6) is 0 Å². The van der Waals surface area contributed by atoms with Gasteiger partial charge in [-0.1, -0.05) is 26.1 Å². The smallest absolute Gasteiger partial charge is 0.129 e. The molecular formula is C12H20N2OS. The highest BCUT2D eigenvalue weighted by Gasteiger charge is 2.02. The average molecular weight is 240 g/mol. The molecule has 90 valence electrons. The molecule has 0 aliphatic rings. The van der Waals surface area contributed by atoms with Crippen molar-refractivity contribution in [2.45, 2.75) is 33.1 Å². The minimum absolute atomic E-state index is 0.625. The molecule has 0 saturated carbocycles. The first-order valence-electron chi connectivity index (χ1n) is 5.70. The zero-order valence-electron chi connectivity index (χ0n) is 10.2. The molecule has 1 rings (SSSR count). The molecule has 0 radical (unpaired) electrons. The first kappa shape index (κ1) is 13.3. The molecule has 0 amide bonds. The predicted molar refractivity (Wildman–Crippen MR) is 68.2 cm³/mol. The fourth-order valence-corrected chi connectivity index (χ4v) is 1.87. The lowest BCUT2D eigenvalue weighted by Gasteiger charge is -2.07. The first-order valence-corrected chi connectivity index (χ1v) is 6.10. The van der Waals surface area contributed by atoms with Crippen LogP contribution in [-0.2, 0) is 17.6 Å². The summed E-state index contributed by atoms with van der Waals surface area (Å²) >= 11 is 5.16. The molecule has 0 atom stereocenters. The van der Waals surface area contributed by atoms with Crippen LogP contribution >= 0.6 is 12.2 Å². The van der Waals surface area contributed by atoms with Gasteiger partial charge in [0.1, 0.15) is 10.5 Å². The van der Waals surface area contributed by atoms with Gasteiger partial charge in [-0.2, -0.15) is 0 Å². The molecule has 0 bridgehead atoms. The van der Waals surface area contributed by atoms with E-state index in [1.54, 1.807) is 7.11 Å². The Labute approximate surface area is 102 Å². The summed E-state index contributed by atoms with van der Waals surface area (Å²) in [6.07, 6.45) is 2.88. The normalized spacial score (nSPS) is 11.0. The molecule has 0 aromatic carbocycles. The van der Waals surface area contributed by atoms with Gasteiger partial charge in [-0.05, 0) is 24.8 Å². The molecule has 0 saturated heterocycles. The fraction of sp³-hybridized carbons (Fsp3) is 0.667. The molecule has 1 aromatic rings. The van der Waals surface area contributed by atoms with E-state index in [1.807, 2.05) is 6.07 Å². The Morgan fingerprint density at radius 2 is 2.25 bits per heavy atom. The first-order chi connectivity index (χ1) is 7.61. The summed E-state index contributed by atoms with van der Waals surface area (Å²) < 4.78 is 5.70. The van der Waals surface area contributed by atoms with Gasteiger partial charge < -0.3 is 9.72 Å². The molecule has 1 aromatic heterocycles. The van der Waals surface area contributed by atoms with Gasteiger partial charge in [0.2, 0.25) is 0 Å². The van der Waals surface area contributed by atoms with Gasteiger partial charge in [-0.3, -0.25) is 0 Å². The van der Waals surface area contributed by atoms with Crippen LogP contribution in [-0.4, -0.2) is 23.7 Å². The molecule has 16 heavy (non-hydrogen) atoms. The number of nitrogens with one attached hydrogen (secondary N) is 1. The number of ether oxygens (including phenoxy) is 1. The second-order valence-electron chi connectivity index (χ2n) is 4.39. The third-order valence-electron chi connectivity index (χ3n) is 2.24. The van der Waals surface area contributed by atoms with E-state index in [2.05, 4.69) is 23.8 Å². The van der Waals surface area contributed by atoms with E-state index >= 15 is 0 Å². The minimum atomic E-state index is 0.625. The van der Waals surface area contributed by atoms with Crippen molar-refractivity contribution in [2.24, 2.45) is 5.92 Å². The standard InChI is InChI=1S/C12H20N2OS/c1-9(2)7-10-8-12(16)14-11(13-10)5-4-6-15-3/h8-9H,4-7H2,1-3H3,(H,13,14,16). The van der Waals surface area contributed by atoms with E-state index in [0.717, 1.165) is 31.7 Å². The molecule has 0 fully saturated rings. The predicted octanol–water partition coefficient (Wildman–Crippen LogP) is 2.92. The molecular weight excluding hydrogens is 220 g/mol. The Morgan fingerprint density at radius 1 is 1.50 bits per heavy atom. The SMILES string of the molecule is COCCCc1nc(=S)cc(CC(C)C)[nH]1. The van der Waals surface area contributed by atoms with E-state index < -0.39 is 0 Å². The average Bonchev–Trinajstić information content (AvgIpc) is 2.16. The van der Waals surface area contributed by atoms with Gasteiger partial charge in [-0.25, -0.2) is 4.98 Å². The van der Waals surface area contributed by atoms with E-state index in [4.69, 9.17) is 17.0 Å². The number of rotatable bonds is 6. The van der Waals surface area contributed by atoms with Crippen molar-refractivity contribution in [1.29, 1.82) is 0 Å². The fourth-order valence-electron chi connectivity index (χ4n) is 1.62.